The van der Waals surface area contributed by atoms with Crippen LogP contribution in [-0.4, -0.2) is 0 Å². The number of hydrogen-bond acceptors (Lipinski definition) is 0. The van der Waals surface area contributed by atoms with Crippen molar-refractivity contribution >= 4 is 21.5 Å². The zero-order valence-corrected chi connectivity index (χ0v) is 16.5. The highest BCUT2D eigenvalue weighted by molar-refractivity contribution is 6.16. The topological polar surface area (TPSA) is 0 Å². The summed E-state index contributed by atoms with van der Waals surface area (Å²) in [5.41, 5.74) is 5.70. The fourth-order valence-corrected chi connectivity index (χ4v) is 4.36. The van der Waals surface area contributed by atoms with E-state index in [1.807, 2.05) is 0 Å². The van der Waals surface area contributed by atoms with Gasteiger partial charge in [-0.15, -0.1) is 0 Å². The minimum absolute atomic E-state index is 1.15. The van der Waals surface area contributed by atoms with Crippen LogP contribution >= 0.6 is 0 Å². The molecule has 0 atom stereocenters. The van der Waals surface area contributed by atoms with Gasteiger partial charge in [-0.05, 0) is 63.6 Å². The Bertz CT molecular complexity index is 1070. The second-order valence-electron chi connectivity index (χ2n) is 7.57. The molecule has 27 heavy (non-hydrogen) atoms. The maximum atomic E-state index is 2.32. The molecule has 4 aromatic rings. The minimum atomic E-state index is 1.15. The highest BCUT2D eigenvalue weighted by Crippen LogP contribution is 2.40. The van der Waals surface area contributed by atoms with E-state index in [2.05, 4.69) is 86.6 Å². The van der Waals surface area contributed by atoms with Gasteiger partial charge in [-0.3, -0.25) is 0 Å². The predicted molar refractivity (Wildman–Crippen MR) is 119 cm³/mol. The number of benzene rings is 4. The summed E-state index contributed by atoms with van der Waals surface area (Å²) in [6, 6.07) is 26.7. The van der Waals surface area contributed by atoms with Gasteiger partial charge in [-0.25, -0.2) is 0 Å². The van der Waals surface area contributed by atoms with Crippen LogP contribution in [0.3, 0.4) is 0 Å². The van der Waals surface area contributed by atoms with E-state index in [9.17, 15) is 0 Å². The molecule has 0 heteroatoms. The van der Waals surface area contributed by atoms with Gasteiger partial charge in [-0.2, -0.15) is 0 Å². The van der Waals surface area contributed by atoms with Crippen LogP contribution in [0.2, 0.25) is 0 Å². The van der Waals surface area contributed by atoms with E-state index < -0.39 is 0 Å². The van der Waals surface area contributed by atoms with Gasteiger partial charge < -0.3 is 0 Å². The zero-order chi connectivity index (χ0) is 18.6. The third-order valence-corrected chi connectivity index (χ3v) is 5.74. The lowest BCUT2D eigenvalue weighted by Gasteiger charge is -2.19. The average Bonchev–Trinajstić information content (AvgIpc) is 2.72. The molecular formula is C27H28. The van der Waals surface area contributed by atoms with Crippen molar-refractivity contribution in [3.05, 3.63) is 83.9 Å². The van der Waals surface area contributed by atoms with E-state index in [4.69, 9.17) is 0 Å². The van der Waals surface area contributed by atoms with Gasteiger partial charge in [0.05, 0.1) is 0 Å². The maximum Gasteiger partial charge on any atom is -0.00642 e. The summed E-state index contributed by atoms with van der Waals surface area (Å²) in [6.07, 6.45) is 6.32. The third-order valence-electron chi connectivity index (χ3n) is 5.74. The van der Waals surface area contributed by atoms with Crippen molar-refractivity contribution < 1.29 is 0 Å². The first-order valence-electron chi connectivity index (χ1n) is 10.3. The lowest BCUT2D eigenvalue weighted by atomic mass is 9.84. The molecule has 0 aromatic heterocycles. The lowest BCUT2D eigenvalue weighted by molar-refractivity contribution is 0.669. The largest absolute Gasteiger partial charge is 0.0654 e. The Hall–Kier alpha value is -2.60. The molecule has 0 spiro atoms. The predicted octanol–water partition coefficient (Wildman–Crippen LogP) is 8.09. The van der Waals surface area contributed by atoms with Crippen molar-refractivity contribution in [3.63, 3.8) is 0 Å². The fourth-order valence-electron chi connectivity index (χ4n) is 4.36. The Morgan fingerprint density at radius 3 is 1.89 bits per heavy atom. The molecule has 0 fully saturated rings. The van der Waals surface area contributed by atoms with E-state index in [1.165, 1.54) is 69.5 Å². The molecule has 0 N–H and O–H groups in total. The fraction of sp³-hybridized carbons (Fsp3) is 0.259. The normalized spacial score (nSPS) is 11.3. The minimum Gasteiger partial charge on any atom is -0.0654 e. The number of hydrogen-bond donors (Lipinski definition) is 0. The van der Waals surface area contributed by atoms with Crippen molar-refractivity contribution in [2.45, 2.75) is 46.0 Å². The van der Waals surface area contributed by atoms with Crippen LogP contribution in [0, 0.1) is 6.92 Å². The highest BCUT2D eigenvalue weighted by Gasteiger charge is 2.16. The van der Waals surface area contributed by atoms with Gasteiger partial charge in [0.2, 0.25) is 0 Å². The molecule has 0 unspecified atom stereocenters. The van der Waals surface area contributed by atoms with Crippen molar-refractivity contribution in [1.29, 1.82) is 0 Å². The molecule has 0 aliphatic rings. The van der Waals surface area contributed by atoms with E-state index in [-0.39, 0.29) is 0 Å². The van der Waals surface area contributed by atoms with Crippen molar-refractivity contribution in [2.24, 2.45) is 0 Å². The molecule has 0 amide bonds. The Labute approximate surface area is 162 Å². The van der Waals surface area contributed by atoms with Crippen LogP contribution < -0.4 is 0 Å². The summed E-state index contributed by atoms with van der Waals surface area (Å²) in [5.74, 6) is 0. The molecule has 0 radical (unpaired) electrons. The molecule has 4 rings (SSSR count). The monoisotopic (exact) mass is 352 g/mol. The van der Waals surface area contributed by atoms with Crippen molar-refractivity contribution in [3.8, 4) is 11.1 Å². The number of aryl methyl sites for hydroxylation is 2. The smallest absolute Gasteiger partial charge is 0.00642 e. The molecule has 4 aromatic carbocycles. The first-order valence-corrected chi connectivity index (χ1v) is 10.3. The van der Waals surface area contributed by atoms with E-state index in [0.717, 1.165) is 6.42 Å². The molecule has 0 saturated carbocycles. The van der Waals surface area contributed by atoms with E-state index in [1.54, 1.807) is 0 Å². The maximum absolute atomic E-state index is 2.32. The Morgan fingerprint density at radius 2 is 1.19 bits per heavy atom. The molecule has 0 nitrogen and oxygen atoms in total. The lowest BCUT2D eigenvalue weighted by Crippen LogP contribution is -1.97. The summed E-state index contributed by atoms with van der Waals surface area (Å²) in [5, 5.41) is 5.56. The number of fused-ring (bicyclic) bond motifs is 3. The summed E-state index contributed by atoms with van der Waals surface area (Å²) >= 11 is 0. The standard InChI is InChI=1S/C27H28/c1-3-4-5-6-18-25-23-16-10-9-15-22(23)24-17-11-12-19-26(24)27(25)21-14-8-7-13-20(21)2/h7-17,19H,3-6,18H2,1-2H3. The quantitative estimate of drug-likeness (QED) is 0.243. The number of unbranched alkanes of at least 4 members (excludes halogenated alkanes) is 3. The zero-order valence-electron chi connectivity index (χ0n) is 16.5. The second-order valence-corrected chi connectivity index (χ2v) is 7.57. The summed E-state index contributed by atoms with van der Waals surface area (Å²) < 4.78 is 0. The van der Waals surface area contributed by atoms with Gasteiger partial charge in [0.25, 0.3) is 0 Å². The highest BCUT2D eigenvalue weighted by atomic mass is 14.2. The number of rotatable bonds is 6. The molecule has 0 aliphatic heterocycles. The van der Waals surface area contributed by atoms with Gasteiger partial charge in [0, 0.05) is 0 Å². The first kappa shape index (κ1) is 17.8. The molecular weight excluding hydrogens is 324 g/mol. The molecule has 0 saturated heterocycles. The van der Waals surface area contributed by atoms with Gasteiger partial charge in [0.1, 0.15) is 0 Å². The average molecular weight is 353 g/mol. The van der Waals surface area contributed by atoms with E-state index in [0.29, 0.717) is 0 Å². The SMILES string of the molecule is CCCCCCc1c(-c2ccccc2C)c2ccccc2c2ccccc12. The molecule has 0 heterocycles. The van der Waals surface area contributed by atoms with Crippen LogP contribution in [0.1, 0.15) is 43.7 Å². The van der Waals surface area contributed by atoms with Crippen LogP contribution in [-0.2, 0) is 6.42 Å². The summed E-state index contributed by atoms with van der Waals surface area (Å²) in [6.45, 7) is 4.52. The molecule has 0 aliphatic carbocycles. The van der Waals surface area contributed by atoms with Crippen molar-refractivity contribution in [1.82, 2.24) is 0 Å². The van der Waals surface area contributed by atoms with Crippen LogP contribution in [0.5, 0.6) is 0 Å². The molecule has 136 valence electrons. The third kappa shape index (κ3) is 3.37. The molecule has 0 bridgehead atoms. The van der Waals surface area contributed by atoms with E-state index >= 15 is 0 Å². The van der Waals surface area contributed by atoms with Gasteiger partial charge in [-0.1, -0.05) is 99.0 Å². The first-order chi connectivity index (χ1) is 13.3. The van der Waals surface area contributed by atoms with Crippen LogP contribution in [0.4, 0.5) is 0 Å². The summed E-state index contributed by atoms with van der Waals surface area (Å²) in [7, 11) is 0. The van der Waals surface area contributed by atoms with Crippen LogP contribution in [0.25, 0.3) is 32.7 Å². The second kappa shape index (κ2) is 7.96. The Morgan fingerprint density at radius 1 is 0.593 bits per heavy atom. The summed E-state index contributed by atoms with van der Waals surface area (Å²) in [4.78, 5) is 0. The van der Waals surface area contributed by atoms with Gasteiger partial charge in [0.15, 0.2) is 0 Å². The Kier molecular flexibility index (Phi) is 5.25. The van der Waals surface area contributed by atoms with Crippen molar-refractivity contribution in [2.75, 3.05) is 0 Å². The Balaban J connectivity index is 2.03. The van der Waals surface area contributed by atoms with Crippen LogP contribution in [0.15, 0.2) is 72.8 Å². The van der Waals surface area contributed by atoms with Gasteiger partial charge >= 0.3 is 0 Å².